The Kier molecular flexibility index (Phi) is 5.99. The third-order valence-corrected chi connectivity index (χ3v) is 5.62. The Balaban J connectivity index is 2.15. The number of carbonyl (C=O) groups is 2. The van der Waals surface area contributed by atoms with E-state index >= 15 is 0 Å². The summed E-state index contributed by atoms with van der Waals surface area (Å²) in [4.78, 5) is 23.3. The van der Waals surface area contributed by atoms with Crippen LogP contribution in [0, 0.1) is 0 Å². The number of rotatable bonds is 7. The fourth-order valence-corrected chi connectivity index (χ4v) is 3.13. The number of amides is 2. The van der Waals surface area contributed by atoms with E-state index in [-0.39, 0.29) is 18.1 Å². The zero-order chi connectivity index (χ0) is 19.3. The van der Waals surface area contributed by atoms with E-state index in [9.17, 15) is 18.0 Å². The predicted octanol–water partition coefficient (Wildman–Crippen LogP) is 1.75. The number of anilines is 2. The van der Waals surface area contributed by atoms with Gasteiger partial charge in [0, 0.05) is 18.3 Å². The largest absolute Gasteiger partial charge is 0.369 e. The van der Waals surface area contributed by atoms with Crippen molar-refractivity contribution in [3.05, 3.63) is 59.7 Å². The van der Waals surface area contributed by atoms with Crippen LogP contribution in [0.1, 0.15) is 22.8 Å². The Morgan fingerprint density at radius 3 is 2.35 bits per heavy atom. The Labute approximate surface area is 152 Å². The van der Waals surface area contributed by atoms with Crippen molar-refractivity contribution in [1.82, 2.24) is 0 Å². The second kappa shape index (κ2) is 8.01. The summed E-state index contributed by atoms with van der Waals surface area (Å²) in [6, 6.07) is 13.1. The van der Waals surface area contributed by atoms with Crippen LogP contribution in [0.4, 0.5) is 11.4 Å². The van der Waals surface area contributed by atoms with Gasteiger partial charge in [0.15, 0.2) is 0 Å². The average molecular weight is 375 g/mol. The number of nitrogens with one attached hydrogen (secondary N) is 1. The summed E-state index contributed by atoms with van der Waals surface area (Å²) in [5, 5.41) is 2.73. The second-order valence-corrected chi connectivity index (χ2v) is 8.00. The number of sulfonamides is 1. The minimum absolute atomic E-state index is 0.0302. The topological polar surface area (TPSA) is 110 Å². The molecule has 7 nitrogen and oxygen atoms in total. The lowest BCUT2D eigenvalue weighted by Crippen LogP contribution is -2.28. The minimum Gasteiger partial charge on any atom is -0.369 e. The predicted molar refractivity (Wildman–Crippen MR) is 102 cm³/mol. The van der Waals surface area contributed by atoms with Crippen molar-refractivity contribution >= 4 is 33.2 Å². The van der Waals surface area contributed by atoms with E-state index in [1.165, 1.54) is 13.1 Å². The smallest absolute Gasteiger partial charge is 0.255 e. The molecule has 0 saturated carbocycles. The van der Waals surface area contributed by atoms with Gasteiger partial charge in [0.1, 0.15) is 0 Å². The number of primary amides is 1. The molecule has 2 aromatic rings. The van der Waals surface area contributed by atoms with Crippen molar-refractivity contribution < 1.29 is 18.0 Å². The van der Waals surface area contributed by atoms with E-state index in [1.54, 1.807) is 49.4 Å². The van der Waals surface area contributed by atoms with Gasteiger partial charge in [0.2, 0.25) is 15.9 Å². The van der Waals surface area contributed by atoms with Crippen molar-refractivity contribution in [1.29, 1.82) is 0 Å². The standard InChI is InChI=1S/C18H21N3O4S/c1-3-26(24,25)21(2)16-6-4-5-14(12-16)18(23)20-15-9-7-13(8-10-15)11-17(19)22/h4-10,12H,3,11H2,1-2H3,(H2,19,22)(H,20,23). The SMILES string of the molecule is CCS(=O)(=O)N(C)c1cccc(C(=O)Nc2ccc(CC(N)=O)cc2)c1. The molecule has 2 aromatic carbocycles. The monoisotopic (exact) mass is 375 g/mol. The molecule has 8 heteroatoms. The molecule has 138 valence electrons. The third kappa shape index (κ3) is 4.82. The van der Waals surface area contributed by atoms with Gasteiger partial charge in [-0.1, -0.05) is 18.2 Å². The summed E-state index contributed by atoms with van der Waals surface area (Å²) >= 11 is 0. The van der Waals surface area contributed by atoms with E-state index in [0.29, 0.717) is 16.9 Å². The van der Waals surface area contributed by atoms with Crippen LogP contribution in [0.2, 0.25) is 0 Å². The highest BCUT2D eigenvalue weighted by Crippen LogP contribution is 2.19. The van der Waals surface area contributed by atoms with Crippen molar-refractivity contribution in [2.24, 2.45) is 5.73 Å². The lowest BCUT2D eigenvalue weighted by atomic mass is 10.1. The van der Waals surface area contributed by atoms with Gasteiger partial charge in [-0.05, 0) is 42.8 Å². The lowest BCUT2D eigenvalue weighted by molar-refractivity contribution is -0.117. The van der Waals surface area contributed by atoms with Crippen molar-refractivity contribution in [3.63, 3.8) is 0 Å². The Hall–Kier alpha value is -2.87. The zero-order valence-corrected chi connectivity index (χ0v) is 15.4. The van der Waals surface area contributed by atoms with Crippen LogP contribution in [-0.2, 0) is 21.2 Å². The van der Waals surface area contributed by atoms with Crippen LogP contribution in [0.15, 0.2) is 48.5 Å². The molecule has 0 saturated heterocycles. The van der Waals surface area contributed by atoms with Crippen LogP contribution in [0.25, 0.3) is 0 Å². The van der Waals surface area contributed by atoms with Crippen molar-refractivity contribution in [3.8, 4) is 0 Å². The molecule has 0 fully saturated rings. The molecule has 2 rings (SSSR count). The zero-order valence-electron chi connectivity index (χ0n) is 14.6. The molecule has 0 unspecified atom stereocenters. The van der Waals surface area contributed by atoms with Crippen LogP contribution in [0.3, 0.4) is 0 Å². The maximum absolute atomic E-state index is 12.4. The van der Waals surface area contributed by atoms with E-state index in [2.05, 4.69) is 5.32 Å². The van der Waals surface area contributed by atoms with E-state index in [0.717, 1.165) is 9.87 Å². The van der Waals surface area contributed by atoms with Gasteiger partial charge in [0.25, 0.3) is 5.91 Å². The third-order valence-electron chi connectivity index (χ3n) is 3.84. The average Bonchev–Trinajstić information content (AvgIpc) is 2.62. The van der Waals surface area contributed by atoms with Gasteiger partial charge in [-0.2, -0.15) is 0 Å². The molecule has 0 radical (unpaired) electrons. The number of hydrogen-bond donors (Lipinski definition) is 2. The first-order valence-electron chi connectivity index (χ1n) is 7.98. The Morgan fingerprint density at radius 2 is 1.77 bits per heavy atom. The van der Waals surface area contributed by atoms with Crippen LogP contribution >= 0.6 is 0 Å². The van der Waals surface area contributed by atoms with Gasteiger partial charge < -0.3 is 11.1 Å². The lowest BCUT2D eigenvalue weighted by Gasteiger charge is -2.19. The summed E-state index contributed by atoms with van der Waals surface area (Å²) < 4.78 is 25.1. The highest BCUT2D eigenvalue weighted by atomic mass is 32.2. The fourth-order valence-electron chi connectivity index (χ4n) is 2.31. The molecule has 0 aromatic heterocycles. The summed E-state index contributed by atoms with van der Waals surface area (Å²) in [5.74, 6) is -0.820. The number of nitrogens with zero attached hydrogens (tertiary/aromatic N) is 1. The molecule has 3 N–H and O–H groups in total. The quantitative estimate of drug-likeness (QED) is 0.768. The second-order valence-electron chi connectivity index (χ2n) is 5.71. The van der Waals surface area contributed by atoms with Gasteiger partial charge >= 0.3 is 0 Å². The van der Waals surface area contributed by atoms with Gasteiger partial charge in [-0.3, -0.25) is 13.9 Å². The number of nitrogens with two attached hydrogens (primary N) is 1. The minimum atomic E-state index is -3.40. The first kappa shape index (κ1) is 19.5. The summed E-state index contributed by atoms with van der Waals surface area (Å²) in [6.45, 7) is 1.56. The highest BCUT2D eigenvalue weighted by molar-refractivity contribution is 7.92. The van der Waals surface area contributed by atoms with Crippen molar-refractivity contribution in [2.45, 2.75) is 13.3 Å². The van der Waals surface area contributed by atoms with Gasteiger partial charge in [0.05, 0.1) is 17.9 Å². The molecule has 2 amide bonds. The summed E-state index contributed by atoms with van der Waals surface area (Å²) in [5.41, 5.74) is 7.20. The van der Waals surface area contributed by atoms with E-state index < -0.39 is 15.9 Å². The molecule has 0 aliphatic heterocycles. The molecule has 26 heavy (non-hydrogen) atoms. The van der Waals surface area contributed by atoms with Crippen LogP contribution in [0.5, 0.6) is 0 Å². The first-order valence-corrected chi connectivity index (χ1v) is 9.59. The molecule has 0 aliphatic carbocycles. The molecule has 0 spiro atoms. The maximum Gasteiger partial charge on any atom is 0.255 e. The molecule has 0 aliphatic rings. The number of benzene rings is 2. The van der Waals surface area contributed by atoms with E-state index in [4.69, 9.17) is 5.73 Å². The molecular formula is C18H21N3O4S. The van der Waals surface area contributed by atoms with Gasteiger partial charge in [-0.25, -0.2) is 8.42 Å². The Bertz CT molecular complexity index is 908. The normalized spacial score (nSPS) is 11.0. The van der Waals surface area contributed by atoms with Gasteiger partial charge in [-0.15, -0.1) is 0 Å². The fraction of sp³-hybridized carbons (Fsp3) is 0.222. The van der Waals surface area contributed by atoms with E-state index in [1.807, 2.05) is 0 Å². The summed E-state index contributed by atoms with van der Waals surface area (Å²) in [6.07, 6.45) is 0.133. The number of carbonyl (C=O) groups excluding carboxylic acids is 2. The molecule has 0 atom stereocenters. The van der Waals surface area contributed by atoms with Crippen LogP contribution in [-0.4, -0.2) is 33.0 Å². The first-order chi connectivity index (χ1) is 12.2. The molecule has 0 heterocycles. The van der Waals surface area contributed by atoms with Crippen molar-refractivity contribution in [2.75, 3.05) is 22.4 Å². The Morgan fingerprint density at radius 1 is 1.12 bits per heavy atom. The molecular weight excluding hydrogens is 354 g/mol. The van der Waals surface area contributed by atoms with Crippen LogP contribution < -0.4 is 15.4 Å². The maximum atomic E-state index is 12.4. The highest BCUT2D eigenvalue weighted by Gasteiger charge is 2.17. The number of hydrogen-bond acceptors (Lipinski definition) is 4. The molecule has 0 bridgehead atoms. The summed E-state index contributed by atoms with van der Waals surface area (Å²) in [7, 11) is -1.95.